The Morgan fingerprint density at radius 2 is 0.867 bits per heavy atom. The fourth-order valence-electron chi connectivity index (χ4n) is 3.84. The maximum absolute atomic E-state index is 11.7. The minimum atomic E-state index is -0.0590. The van der Waals surface area contributed by atoms with Crippen molar-refractivity contribution in [3.63, 3.8) is 0 Å². The first kappa shape index (κ1) is 29.4. The second kappa shape index (κ2) is 26.5. The van der Waals surface area contributed by atoms with Crippen LogP contribution in [-0.4, -0.2) is 25.8 Å². The van der Waals surface area contributed by atoms with Gasteiger partial charge < -0.3 is 9.47 Å². The van der Waals surface area contributed by atoms with Crippen molar-refractivity contribution in [1.29, 1.82) is 0 Å². The first-order valence-electron chi connectivity index (χ1n) is 13.5. The lowest BCUT2D eigenvalue weighted by atomic mass is 10.1. The zero-order valence-corrected chi connectivity index (χ0v) is 20.7. The molecule has 0 N–H and O–H groups in total. The third kappa shape index (κ3) is 25.5. The summed E-state index contributed by atoms with van der Waals surface area (Å²) in [6.45, 7) is 6.28. The lowest BCUT2D eigenvalue weighted by Crippen LogP contribution is -2.10. The van der Waals surface area contributed by atoms with Gasteiger partial charge in [-0.3, -0.25) is 4.79 Å². The summed E-state index contributed by atoms with van der Waals surface area (Å²) >= 11 is 0. The number of hydrogen-bond donors (Lipinski definition) is 0. The number of rotatable bonds is 25. The van der Waals surface area contributed by atoms with Crippen LogP contribution in [0.3, 0.4) is 0 Å². The molecule has 30 heavy (non-hydrogen) atoms. The Labute approximate surface area is 189 Å². The van der Waals surface area contributed by atoms with Gasteiger partial charge in [0.05, 0.1) is 6.61 Å². The Bertz CT molecular complexity index is 330. The van der Waals surface area contributed by atoms with E-state index in [9.17, 15) is 4.79 Å². The molecule has 0 aliphatic heterocycles. The summed E-state index contributed by atoms with van der Waals surface area (Å²) in [5.41, 5.74) is 0. The number of esters is 1. The molecule has 0 saturated heterocycles. The molecular formula is C27H54O3. The Morgan fingerprint density at radius 1 is 0.467 bits per heavy atom. The average Bonchev–Trinajstić information content (AvgIpc) is 2.75. The molecule has 180 valence electrons. The SMILES string of the molecule is CCCCCCCCCCCCCOCCOC(=O)CCCCCCCCCCC. The standard InChI is InChI=1S/C27H54O3/c1-3-5-7-9-11-13-14-16-18-20-22-24-29-25-26-30-27(28)23-21-19-17-15-12-10-8-6-4-2/h3-26H2,1-2H3. The predicted molar refractivity (Wildman–Crippen MR) is 130 cm³/mol. The normalized spacial score (nSPS) is 11.1. The third-order valence-electron chi connectivity index (χ3n) is 5.87. The second-order valence-corrected chi connectivity index (χ2v) is 8.95. The minimum Gasteiger partial charge on any atom is -0.463 e. The van der Waals surface area contributed by atoms with Crippen LogP contribution in [0.25, 0.3) is 0 Å². The molecule has 0 amide bonds. The first-order valence-corrected chi connectivity index (χ1v) is 13.5. The molecular weight excluding hydrogens is 372 g/mol. The van der Waals surface area contributed by atoms with E-state index < -0.39 is 0 Å². The van der Waals surface area contributed by atoms with Crippen LogP contribution in [0.2, 0.25) is 0 Å². The monoisotopic (exact) mass is 426 g/mol. The van der Waals surface area contributed by atoms with Gasteiger partial charge in [-0.15, -0.1) is 0 Å². The maximum atomic E-state index is 11.7. The van der Waals surface area contributed by atoms with Gasteiger partial charge in [0, 0.05) is 13.0 Å². The van der Waals surface area contributed by atoms with Gasteiger partial charge in [0.2, 0.25) is 0 Å². The van der Waals surface area contributed by atoms with Crippen molar-refractivity contribution < 1.29 is 14.3 Å². The van der Waals surface area contributed by atoms with Crippen molar-refractivity contribution in [1.82, 2.24) is 0 Å². The van der Waals surface area contributed by atoms with Crippen LogP contribution >= 0.6 is 0 Å². The van der Waals surface area contributed by atoms with Gasteiger partial charge >= 0.3 is 5.97 Å². The fraction of sp³-hybridized carbons (Fsp3) is 0.963. The molecule has 3 nitrogen and oxygen atoms in total. The van der Waals surface area contributed by atoms with Gasteiger partial charge in [0.25, 0.3) is 0 Å². The molecule has 0 aliphatic rings. The number of ether oxygens (including phenoxy) is 2. The number of hydrogen-bond acceptors (Lipinski definition) is 3. The van der Waals surface area contributed by atoms with Crippen LogP contribution in [0.5, 0.6) is 0 Å². The highest BCUT2D eigenvalue weighted by atomic mass is 16.6. The summed E-state index contributed by atoms with van der Waals surface area (Å²) in [7, 11) is 0. The Morgan fingerprint density at radius 3 is 1.33 bits per heavy atom. The minimum absolute atomic E-state index is 0.0590. The highest BCUT2D eigenvalue weighted by Gasteiger charge is 2.02. The van der Waals surface area contributed by atoms with Gasteiger partial charge in [-0.05, 0) is 12.8 Å². The van der Waals surface area contributed by atoms with Crippen molar-refractivity contribution >= 4 is 5.97 Å². The number of unbranched alkanes of at least 4 members (excludes halogenated alkanes) is 18. The molecule has 0 aliphatic carbocycles. The molecule has 0 aromatic heterocycles. The first-order chi connectivity index (χ1) is 14.8. The zero-order valence-electron chi connectivity index (χ0n) is 20.7. The van der Waals surface area contributed by atoms with Crippen molar-refractivity contribution in [2.45, 2.75) is 149 Å². The summed E-state index contributed by atoms with van der Waals surface area (Å²) in [5, 5.41) is 0. The van der Waals surface area contributed by atoms with E-state index in [4.69, 9.17) is 9.47 Å². The number of carbonyl (C=O) groups is 1. The molecule has 0 rings (SSSR count). The third-order valence-corrected chi connectivity index (χ3v) is 5.87. The van der Waals surface area contributed by atoms with Crippen molar-refractivity contribution in [3.05, 3.63) is 0 Å². The zero-order chi connectivity index (χ0) is 22.0. The van der Waals surface area contributed by atoms with E-state index in [1.807, 2.05) is 0 Å². The molecule has 0 heterocycles. The van der Waals surface area contributed by atoms with E-state index in [0.29, 0.717) is 19.6 Å². The molecule has 0 aromatic rings. The lowest BCUT2D eigenvalue weighted by molar-refractivity contribution is -0.145. The summed E-state index contributed by atoms with van der Waals surface area (Å²) in [6.07, 6.45) is 26.9. The molecule has 0 radical (unpaired) electrons. The maximum Gasteiger partial charge on any atom is 0.305 e. The lowest BCUT2D eigenvalue weighted by Gasteiger charge is -2.07. The summed E-state index contributed by atoms with van der Waals surface area (Å²) in [5.74, 6) is -0.0590. The fourth-order valence-corrected chi connectivity index (χ4v) is 3.84. The summed E-state index contributed by atoms with van der Waals surface area (Å²) in [6, 6.07) is 0. The van der Waals surface area contributed by atoms with Crippen LogP contribution in [-0.2, 0) is 14.3 Å². The van der Waals surface area contributed by atoms with E-state index in [-0.39, 0.29) is 5.97 Å². The van der Waals surface area contributed by atoms with Gasteiger partial charge in [0.15, 0.2) is 0 Å². The highest BCUT2D eigenvalue weighted by Crippen LogP contribution is 2.12. The number of carbonyl (C=O) groups excluding carboxylic acids is 1. The van der Waals surface area contributed by atoms with Gasteiger partial charge in [-0.25, -0.2) is 0 Å². The van der Waals surface area contributed by atoms with Crippen molar-refractivity contribution in [2.24, 2.45) is 0 Å². The van der Waals surface area contributed by atoms with Crippen LogP contribution in [0.1, 0.15) is 149 Å². The molecule has 0 unspecified atom stereocenters. The van der Waals surface area contributed by atoms with E-state index >= 15 is 0 Å². The van der Waals surface area contributed by atoms with Gasteiger partial charge in [-0.2, -0.15) is 0 Å². The highest BCUT2D eigenvalue weighted by molar-refractivity contribution is 5.69. The van der Waals surface area contributed by atoms with E-state index in [0.717, 1.165) is 25.9 Å². The summed E-state index contributed by atoms with van der Waals surface area (Å²) in [4.78, 5) is 11.7. The average molecular weight is 427 g/mol. The molecule has 0 saturated carbocycles. The van der Waals surface area contributed by atoms with Crippen LogP contribution in [0.15, 0.2) is 0 Å². The molecule has 0 aromatic carbocycles. The van der Waals surface area contributed by atoms with Crippen molar-refractivity contribution in [2.75, 3.05) is 19.8 Å². The van der Waals surface area contributed by atoms with Crippen LogP contribution in [0.4, 0.5) is 0 Å². The smallest absolute Gasteiger partial charge is 0.305 e. The Kier molecular flexibility index (Phi) is 26.0. The van der Waals surface area contributed by atoms with E-state index in [1.165, 1.54) is 109 Å². The molecule has 0 bridgehead atoms. The largest absolute Gasteiger partial charge is 0.463 e. The second-order valence-electron chi connectivity index (χ2n) is 8.95. The molecule has 0 spiro atoms. The Balaban J connectivity index is 3.12. The van der Waals surface area contributed by atoms with E-state index in [2.05, 4.69) is 13.8 Å². The van der Waals surface area contributed by atoms with Gasteiger partial charge in [-0.1, -0.05) is 129 Å². The quantitative estimate of drug-likeness (QED) is 0.108. The molecule has 3 heteroatoms. The van der Waals surface area contributed by atoms with Crippen molar-refractivity contribution in [3.8, 4) is 0 Å². The topological polar surface area (TPSA) is 35.5 Å². The van der Waals surface area contributed by atoms with E-state index in [1.54, 1.807) is 0 Å². The van der Waals surface area contributed by atoms with Gasteiger partial charge in [0.1, 0.15) is 6.61 Å². The molecule has 0 fully saturated rings. The predicted octanol–water partition coefficient (Wildman–Crippen LogP) is 8.78. The Hall–Kier alpha value is -0.570. The van der Waals surface area contributed by atoms with Crippen LogP contribution < -0.4 is 0 Å². The molecule has 0 atom stereocenters. The summed E-state index contributed by atoms with van der Waals surface area (Å²) < 4.78 is 10.8. The van der Waals surface area contributed by atoms with Crippen LogP contribution in [0, 0.1) is 0 Å².